The number of rotatable bonds is 10. The van der Waals surface area contributed by atoms with Gasteiger partial charge in [-0.25, -0.2) is 14.8 Å². The monoisotopic (exact) mass is 746 g/mol. The summed E-state index contributed by atoms with van der Waals surface area (Å²) in [6.45, 7) is 8.63. The number of benzene rings is 3. The molecule has 7 rings (SSSR count). The summed E-state index contributed by atoms with van der Waals surface area (Å²) in [6.07, 6.45) is 5.30. The third kappa shape index (κ3) is 8.41. The Morgan fingerprint density at radius 1 is 0.926 bits per heavy atom. The highest BCUT2D eigenvalue weighted by molar-refractivity contribution is 7.22. The highest BCUT2D eigenvalue weighted by Crippen LogP contribution is 2.37. The van der Waals surface area contributed by atoms with Crippen LogP contribution in [0.3, 0.4) is 0 Å². The molecule has 1 saturated carbocycles. The number of amides is 1. The summed E-state index contributed by atoms with van der Waals surface area (Å²) in [5.41, 5.74) is 5.33. The van der Waals surface area contributed by atoms with Crippen LogP contribution < -0.4 is 15.0 Å². The first-order valence-corrected chi connectivity index (χ1v) is 19.5. The maximum absolute atomic E-state index is 13.9. The van der Waals surface area contributed by atoms with Gasteiger partial charge in [-0.05, 0) is 131 Å². The Hall–Kier alpha value is -5.29. The average molecular weight is 747 g/mol. The number of nitrogens with zero attached hydrogens (tertiary/aromatic N) is 3. The molecule has 2 N–H and O–H groups in total. The molecule has 3 heterocycles. The van der Waals surface area contributed by atoms with E-state index in [0.717, 1.165) is 63.9 Å². The van der Waals surface area contributed by atoms with Crippen molar-refractivity contribution in [1.29, 1.82) is 0 Å². The number of carboxylic acids is 1. The van der Waals surface area contributed by atoms with Gasteiger partial charge < -0.3 is 19.5 Å². The van der Waals surface area contributed by atoms with Gasteiger partial charge in [-0.2, -0.15) is 0 Å². The zero-order valence-corrected chi connectivity index (χ0v) is 32.0. The fourth-order valence-electron chi connectivity index (χ4n) is 7.48. The van der Waals surface area contributed by atoms with E-state index in [0.29, 0.717) is 53.9 Å². The number of fused-ring (bicyclic) bond motifs is 2. The molecule has 0 unspecified atom stereocenters. The highest BCUT2D eigenvalue weighted by Gasteiger charge is 2.29. The number of carbonyl (C=O) groups is 3. The summed E-state index contributed by atoms with van der Waals surface area (Å²) in [5, 5.41) is 12.6. The molecule has 0 atom stereocenters. The summed E-state index contributed by atoms with van der Waals surface area (Å²) in [7, 11) is 0. The molecule has 2 aromatic heterocycles. The van der Waals surface area contributed by atoms with E-state index in [-0.39, 0.29) is 24.1 Å². The summed E-state index contributed by atoms with van der Waals surface area (Å²) in [5.74, 6) is 0.315. The standard InChI is InChI=1S/C43H46N4O6S/c1-26-30(10-8-13-35(26)52-29-18-15-27(16-19-29)17-22-38(48)49)31-20-21-37(45-39(31)41(51)53-43(2,3)4)47-24-23-28-9-7-11-32(33(28)25-47)40(50)46-42-44-34-12-5-6-14-36(34)54-42/h5-14,20-21,27,29H,15-19,22-25H2,1-4H3,(H,48,49)(H,44,46,50). The smallest absolute Gasteiger partial charge is 0.358 e. The predicted octanol–water partition coefficient (Wildman–Crippen LogP) is 9.24. The average Bonchev–Trinajstić information content (AvgIpc) is 3.56. The molecule has 2 aliphatic rings. The molecule has 11 heteroatoms. The van der Waals surface area contributed by atoms with Gasteiger partial charge in [-0.15, -0.1) is 0 Å². The van der Waals surface area contributed by atoms with E-state index < -0.39 is 17.5 Å². The van der Waals surface area contributed by atoms with Gasteiger partial charge >= 0.3 is 11.9 Å². The SMILES string of the molecule is Cc1c(OC2CCC(CCC(=O)O)CC2)cccc1-c1ccc(N2CCc3cccc(C(=O)Nc4nc5ccccc5s4)c3C2)nc1C(=O)OC(C)(C)C. The van der Waals surface area contributed by atoms with Crippen LogP contribution in [0.25, 0.3) is 21.3 Å². The molecule has 10 nitrogen and oxygen atoms in total. The molecule has 1 aliphatic carbocycles. The number of nitrogens with one attached hydrogen (secondary N) is 1. The quantitative estimate of drug-likeness (QED) is 0.134. The van der Waals surface area contributed by atoms with E-state index in [4.69, 9.17) is 19.6 Å². The molecule has 280 valence electrons. The van der Waals surface area contributed by atoms with Crippen LogP contribution in [0.1, 0.15) is 96.8 Å². The number of aromatic nitrogens is 2. The van der Waals surface area contributed by atoms with Crippen molar-refractivity contribution in [2.75, 3.05) is 16.8 Å². The van der Waals surface area contributed by atoms with E-state index in [1.165, 1.54) is 11.3 Å². The van der Waals surface area contributed by atoms with Crippen LogP contribution in [0.15, 0.2) is 72.8 Å². The number of carbonyl (C=O) groups excluding carboxylic acids is 2. The van der Waals surface area contributed by atoms with Crippen LogP contribution in [0.2, 0.25) is 0 Å². The van der Waals surface area contributed by atoms with Crippen LogP contribution in [-0.4, -0.2) is 51.2 Å². The van der Waals surface area contributed by atoms with E-state index in [2.05, 4.69) is 21.3 Å². The number of hydrogen-bond acceptors (Lipinski definition) is 9. The van der Waals surface area contributed by atoms with Gasteiger partial charge in [0.1, 0.15) is 17.2 Å². The van der Waals surface area contributed by atoms with Gasteiger partial charge in [0.15, 0.2) is 10.8 Å². The summed E-state index contributed by atoms with van der Waals surface area (Å²) in [4.78, 5) is 50.3. The molecule has 0 bridgehead atoms. The molecule has 54 heavy (non-hydrogen) atoms. The van der Waals surface area contributed by atoms with Crippen LogP contribution in [0, 0.1) is 12.8 Å². The minimum absolute atomic E-state index is 0.0426. The number of aliphatic carboxylic acids is 1. The van der Waals surface area contributed by atoms with E-state index in [9.17, 15) is 14.4 Å². The van der Waals surface area contributed by atoms with Gasteiger partial charge in [0.05, 0.1) is 16.3 Å². The summed E-state index contributed by atoms with van der Waals surface area (Å²) < 4.78 is 13.5. The lowest BCUT2D eigenvalue weighted by atomic mass is 9.84. The normalized spacial score (nSPS) is 17.1. The van der Waals surface area contributed by atoms with Crippen LogP contribution in [-0.2, 0) is 22.5 Å². The van der Waals surface area contributed by atoms with Gasteiger partial charge in [0.25, 0.3) is 5.91 Å². The topological polar surface area (TPSA) is 131 Å². The summed E-state index contributed by atoms with van der Waals surface area (Å²) in [6, 6.07) is 23.4. The lowest BCUT2D eigenvalue weighted by molar-refractivity contribution is -0.137. The number of carboxylic acid groups (broad SMARTS) is 1. The fraction of sp³-hybridized carbons (Fsp3) is 0.372. The predicted molar refractivity (Wildman–Crippen MR) is 212 cm³/mol. The van der Waals surface area contributed by atoms with E-state index in [1.54, 1.807) is 0 Å². The number of thiazole rings is 1. The van der Waals surface area contributed by atoms with Crippen molar-refractivity contribution in [2.24, 2.45) is 5.92 Å². The Morgan fingerprint density at radius 2 is 1.70 bits per heavy atom. The zero-order chi connectivity index (χ0) is 38.0. The number of hydrogen-bond donors (Lipinski definition) is 2. The Morgan fingerprint density at radius 3 is 2.46 bits per heavy atom. The Bertz CT molecular complexity index is 2170. The molecule has 1 aliphatic heterocycles. The third-order valence-corrected chi connectivity index (χ3v) is 11.2. The first-order chi connectivity index (χ1) is 25.9. The Kier molecular flexibility index (Phi) is 10.7. The van der Waals surface area contributed by atoms with Gasteiger partial charge in [-0.3, -0.25) is 14.9 Å². The minimum atomic E-state index is -0.744. The molecule has 0 spiro atoms. The van der Waals surface area contributed by atoms with Crippen LogP contribution in [0.5, 0.6) is 5.75 Å². The first kappa shape index (κ1) is 37.0. The zero-order valence-electron chi connectivity index (χ0n) is 31.2. The number of para-hydroxylation sites is 1. The van der Waals surface area contributed by atoms with Crippen LogP contribution >= 0.6 is 11.3 Å². The second-order valence-corrected chi connectivity index (χ2v) is 16.3. The number of esters is 1. The van der Waals surface area contributed by atoms with Crippen molar-refractivity contribution in [3.05, 3.63) is 101 Å². The molecule has 3 aromatic carbocycles. The second-order valence-electron chi connectivity index (χ2n) is 15.2. The van der Waals surface area contributed by atoms with Crippen molar-refractivity contribution in [3.63, 3.8) is 0 Å². The summed E-state index contributed by atoms with van der Waals surface area (Å²) >= 11 is 1.44. The first-order valence-electron chi connectivity index (χ1n) is 18.7. The molecular formula is C43H46N4O6S. The maximum Gasteiger partial charge on any atom is 0.358 e. The Labute approximate surface area is 319 Å². The lowest BCUT2D eigenvalue weighted by Crippen LogP contribution is -2.33. The molecule has 5 aromatic rings. The molecule has 1 fully saturated rings. The van der Waals surface area contributed by atoms with E-state index in [1.807, 2.05) is 94.4 Å². The Balaban J connectivity index is 1.14. The van der Waals surface area contributed by atoms with Crippen molar-refractivity contribution in [1.82, 2.24) is 9.97 Å². The minimum Gasteiger partial charge on any atom is -0.490 e. The molecule has 0 radical (unpaired) electrons. The van der Waals surface area contributed by atoms with Crippen molar-refractivity contribution >= 4 is 50.3 Å². The van der Waals surface area contributed by atoms with Crippen LogP contribution in [0.4, 0.5) is 10.9 Å². The second kappa shape index (κ2) is 15.6. The van der Waals surface area contributed by atoms with Crippen molar-refractivity contribution < 1.29 is 29.0 Å². The molecule has 1 amide bonds. The van der Waals surface area contributed by atoms with Gasteiger partial charge in [0.2, 0.25) is 0 Å². The lowest BCUT2D eigenvalue weighted by Gasteiger charge is -2.31. The largest absolute Gasteiger partial charge is 0.490 e. The van der Waals surface area contributed by atoms with Gasteiger partial charge in [-0.1, -0.05) is 47.7 Å². The number of pyridine rings is 1. The fourth-order valence-corrected chi connectivity index (χ4v) is 8.34. The third-order valence-electron chi connectivity index (χ3n) is 10.3. The van der Waals surface area contributed by atoms with Gasteiger partial charge in [0, 0.05) is 30.6 Å². The van der Waals surface area contributed by atoms with E-state index >= 15 is 0 Å². The number of anilines is 2. The van der Waals surface area contributed by atoms with Crippen molar-refractivity contribution in [2.45, 2.75) is 90.9 Å². The highest BCUT2D eigenvalue weighted by atomic mass is 32.1. The number of ether oxygens (including phenoxy) is 2. The van der Waals surface area contributed by atoms with Crippen molar-refractivity contribution in [3.8, 4) is 16.9 Å². The molecular weight excluding hydrogens is 701 g/mol. The maximum atomic E-state index is 13.9. The molecule has 0 saturated heterocycles.